The molecule has 0 aromatic heterocycles. The zero-order valence-corrected chi connectivity index (χ0v) is 21.6. The molecule has 0 radical (unpaired) electrons. The first-order chi connectivity index (χ1) is 16.6. The van der Waals surface area contributed by atoms with E-state index in [1.54, 1.807) is 18.1 Å². The number of amides is 1. The van der Waals surface area contributed by atoms with Crippen molar-refractivity contribution in [2.24, 2.45) is 4.99 Å². The number of aliphatic imine (C=N–C) groups is 1. The summed E-state index contributed by atoms with van der Waals surface area (Å²) in [5.41, 5.74) is 2.72. The maximum absolute atomic E-state index is 13.1. The highest BCUT2D eigenvalue weighted by atomic mass is 127. The van der Waals surface area contributed by atoms with Crippen LogP contribution < -0.4 is 9.47 Å². The number of ether oxygens (including phenoxy) is 2. The molecule has 3 aromatic carbocycles. The zero-order chi connectivity index (χ0) is 23.9. The molecule has 5 nitrogen and oxygen atoms in total. The first-order valence-corrected chi connectivity index (χ1v) is 12.5. The van der Waals surface area contributed by atoms with Gasteiger partial charge in [-0.25, -0.2) is 4.99 Å². The van der Waals surface area contributed by atoms with Crippen molar-refractivity contribution in [2.45, 2.75) is 6.61 Å². The highest BCUT2D eigenvalue weighted by molar-refractivity contribution is 14.1. The van der Waals surface area contributed by atoms with Crippen molar-refractivity contribution in [1.29, 1.82) is 0 Å². The highest BCUT2D eigenvalue weighted by Gasteiger charge is 2.32. The minimum Gasteiger partial charge on any atom is -0.493 e. The minimum absolute atomic E-state index is 0.0991. The number of halogens is 1. The maximum atomic E-state index is 13.1. The van der Waals surface area contributed by atoms with Crippen LogP contribution in [0.5, 0.6) is 11.5 Å². The molecule has 0 aliphatic carbocycles. The van der Waals surface area contributed by atoms with E-state index in [9.17, 15) is 4.79 Å². The Morgan fingerprint density at radius 2 is 1.79 bits per heavy atom. The van der Waals surface area contributed by atoms with Gasteiger partial charge in [-0.2, -0.15) is 0 Å². The molecule has 172 valence electrons. The molecular formula is C27H23IN2O3S. The molecule has 1 aliphatic rings. The smallest absolute Gasteiger partial charge is 0.267 e. The van der Waals surface area contributed by atoms with Gasteiger partial charge in [0, 0.05) is 6.54 Å². The van der Waals surface area contributed by atoms with E-state index >= 15 is 0 Å². The third-order valence-electron chi connectivity index (χ3n) is 4.96. The summed E-state index contributed by atoms with van der Waals surface area (Å²) in [7, 11) is 1.61. The topological polar surface area (TPSA) is 51.1 Å². The normalized spacial score (nSPS) is 15.7. The molecule has 0 bridgehead atoms. The number of rotatable bonds is 8. The second kappa shape index (κ2) is 11.4. The molecular weight excluding hydrogens is 559 g/mol. The van der Waals surface area contributed by atoms with Gasteiger partial charge < -0.3 is 9.47 Å². The number of benzene rings is 3. The van der Waals surface area contributed by atoms with Crippen LogP contribution in [0.4, 0.5) is 5.69 Å². The third kappa shape index (κ3) is 5.71. The maximum Gasteiger partial charge on any atom is 0.267 e. The Balaban J connectivity index is 1.61. The van der Waals surface area contributed by atoms with Crippen molar-refractivity contribution in [3.8, 4) is 11.5 Å². The van der Waals surface area contributed by atoms with Crippen molar-refractivity contribution in [1.82, 2.24) is 4.90 Å². The first-order valence-electron chi connectivity index (χ1n) is 10.6. The van der Waals surface area contributed by atoms with Crippen LogP contribution >= 0.6 is 34.4 Å². The van der Waals surface area contributed by atoms with Gasteiger partial charge in [-0.05, 0) is 75.8 Å². The molecule has 1 saturated heterocycles. The fraction of sp³-hybridized carbons (Fsp3) is 0.111. The van der Waals surface area contributed by atoms with Gasteiger partial charge in [0.05, 0.1) is 21.3 Å². The number of amidine groups is 1. The van der Waals surface area contributed by atoms with Crippen LogP contribution in [0.2, 0.25) is 0 Å². The van der Waals surface area contributed by atoms with Crippen molar-refractivity contribution in [3.05, 3.63) is 105 Å². The van der Waals surface area contributed by atoms with Crippen LogP contribution in [0.25, 0.3) is 6.08 Å². The second-order valence-electron chi connectivity index (χ2n) is 7.35. The fourth-order valence-corrected chi connectivity index (χ4v) is 5.13. The van der Waals surface area contributed by atoms with Gasteiger partial charge in [0.1, 0.15) is 6.61 Å². The van der Waals surface area contributed by atoms with Gasteiger partial charge in [-0.1, -0.05) is 54.6 Å². The summed E-state index contributed by atoms with van der Waals surface area (Å²) in [5.74, 6) is 1.20. The molecule has 4 rings (SSSR count). The lowest BCUT2D eigenvalue weighted by molar-refractivity contribution is -0.121. The Morgan fingerprint density at radius 3 is 2.47 bits per heavy atom. The summed E-state index contributed by atoms with van der Waals surface area (Å²) >= 11 is 3.59. The number of carbonyl (C=O) groups is 1. The summed E-state index contributed by atoms with van der Waals surface area (Å²) in [5, 5.41) is 0.631. The molecule has 1 amide bonds. The van der Waals surface area contributed by atoms with Crippen molar-refractivity contribution < 1.29 is 14.3 Å². The Hall–Kier alpha value is -3.04. The van der Waals surface area contributed by atoms with Crippen LogP contribution in [0, 0.1) is 3.57 Å². The number of para-hydroxylation sites is 1. The van der Waals surface area contributed by atoms with E-state index in [4.69, 9.17) is 9.47 Å². The number of carbonyl (C=O) groups excluding carboxylic acids is 1. The largest absolute Gasteiger partial charge is 0.493 e. The first kappa shape index (κ1) is 24.1. The summed E-state index contributed by atoms with van der Waals surface area (Å²) in [6, 6.07) is 23.4. The monoisotopic (exact) mass is 582 g/mol. The van der Waals surface area contributed by atoms with E-state index in [2.05, 4.69) is 34.2 Å². The average molecular weight is 582 g/mol. The number of thioether (sulfide) groups is 1. The molecule has 7 heteroatoms. The standard InChI is InChI=1S/C27H23IN2O3S/c1-3-14-30-26(31)24(34-27(30)29-21-12-8-5-9-13-21)17-20-15-22(28)25(23(16-20)32-2)33-18-19-10-6-4-7-11-19/h3-13,15-17H,1,14,18H2,2H3. The quantitative estimate of drug-likeness (QED) is 0.169. The number of hydrogen-bond acceptors (Lipinski definition) is 5. The Labute approximate surface area is 217 Å². The van der Waals surface area contributed by atoms with Crippen LogP contribution in [0.15, 0.2) is 95.3 Å². The van der Waals surface area contributed by atoms with E-state index in [0.717, 1.165) is 20.4 Å². The van der Waals surface area contributed by atoms with E-state index in [1.807, 2.05) is 78.9 Å². The lowest BCUT2D eigenvalue weighted by Crippen LogP contribution is -2.29. The van der Waals surface area contributed by atoms with Gasteiger partial charge in [0.15, 0.2) is 16.7 Å². The molecule has 1 aliphatic heterocycles. The predicted octanol–water partition coefficient (Wildman–Crippen LogP) is 6.67. The Morgan fingerprint density at radius 1 is 1.09 bits per heavy atom. The summed E-state index contributed by atoms with van der Waals surface area (Å²) in [6.45, 7) is 4.62. The molecule has 3 aromatic rings. The predicted molar refractivity (Wildman–Crippen MR) is 147 cm³/mol. The Bertz CT molecular complexity index is 1240. The van der Waals surface area contributed by atoms with E-state index in [-0.39, 0.29) is 5.91 Å². The van der Waals surface area contributed by atoms with Gasteiger partial charge in [-0.15, -0.1) is 6.58 Å². The van der Waals surface area contributed by atoms with Gasteiger partial charge in [-0.3, -0.25) is 9.69 Å². The number of hydrogen-bond donors (Lipinski definition) is 0. The van der Waals surface area contributed by atoms with Crippen molar-refractivity contribution in [2.75, 3.05) is 13.7 Å². The summed E-state index contributed by atoms with van der Waals surface area (Å²) in [6.07, 6.45) is 3.56. The summed E-state index contributed by atoms with van der Waals surface area (Å²) < 4.78 is 12.6. The van der Waals surface area contributed by atoms with Gasteiger partial charge in [0.25, 0.3) is 5.91 Å². The lowest BCUT2D eigenvalue weighted by atomic mass is 10.1. The Kier molecular flexibility index (Phi) is 8.08. The van der Waals surface area contributed by atoms with Crippen LogP contribution in [-0.4, -0.2) is 29.6 Å². The van der Waals surface area contributed by atoms with Gasteiger partial charge in [0.2, 0.25) is 0 Å². The molecule has 1 fully saturated rings. The average Bonchev–Trinajstić information content (AvgIpc) is 3.13. The molecule has 34 heavy (non-hydrogen) atoms. The SMILES string of the molecule is C=CCN1C(=O)C(=Cc2cc(I)c(OCc3ccccc3)c(OC)c2)SC1=Nc1ccccc1. The summed E-state index contributed by atoms with van der Waals surface area (Å²) in [4.78, 5) is 20.0. The molecule has 1 heterocycles. The fourth-order valence-electron chi connectivity index (χ4n) is 3.34. The van der Waals surface area contributed by atoms with E-state index in [0.29, 0.717) is 34.7 Å². The number of nitrogens with zero attached hydrogens (tertiary/aromatic N) is 2. The minimum atomic E-state index is -0.0991. The molecule has 0 N–H and O–H groups in total. The van der Waals surface area contributed by atoms with Gasteiger partial charge >= 0.3 is 0 Å². The zero-order valence-electron chi connectivity index (χ0n) is 18.6. The lowest BCUT2D eigenvalue weighted by Gasteiger charge is -2.14. The molecule has 0 saturated carbocycles. The van der Waals surface area contributed by atoms with Crippen LogP contribution in [0.1, 0.15) is 11.1 Å². The van der Waals surface area contributed by atoms with Crippen LogP contribution in [0.3, 0.4) is 0 Å². The van der Waals surface area contributed by atoms with Crippen molar-refractivity contribution >= 4 is 57.2 Å². The molecule has 0 atom stereocenters. The third-order valence-corrected chi connectivity index (χ3v) is 6.76. The van der Waals surface area contributed by atoms with Crippen LogP contribution in [-0.2, 0) is 11.4 Å². The molecule has 0 unspecified atom stereocenters. The second-order valence-corrected chi connectivity index (χ2v) is 9.52. The highest BCUT2D eigenvalue weighted by Crippen LogP contribution is 2.38. The van der Waals surface area contributed by atoms with E-state index in [1.165, 1.54) is 11.8 Å². The van der Waals surface area contributed by atoms with Crippen molar-refractivity contribution in [3.63, 3.8) is 0 Å². The number of methoxy groups -OCH3 is 1. The van der Waals surface area contributed by atoms with E-state index < -0.39 is 0 Å². The molecule has 0 spiro atoms.